The third kappa shape index (κ3) is 2.09. The molecule has 0 aliphatic heterocycles. The van der Waals surface area contributed by atoms with Crippen molar-refractivity contribution >= 4 is 33.3 Å². The van der Waals surface area contributed by atoms with Crippen LogP contribution in [0.1, 0.15) is 15.9 Å². The summed E-state index contributed by atoms with van der Waals surface area (Å²) in [5.74, 6) is -0.829. The van der Waals surface area contributed by atoms with Crippen LogP contribution in [0.25, 0.3) is 0 Å². The lowest BCUT2D eigenvalue weighted by Crippen LogP contribution is -2.03. The van der Waals surface area contributed by atoms with Gasteiger partial charge in [-0.3, -0.25) is 4.79 Å². The first-order valence-corrected chi connectivity index (χ1v) is 4.94. The van der Waals surface area contributed by atoms with Crippen LogP contribution in [-0.2, 0) is 0 Å². The van der Waals surface area contributed by atoms with E-state index < -0.39 is 5.82 Å². The molecule has 0 amide bonds. The predicted molar refractivity (Wildman–Crippen MR) is 53.9 cm³/mol. The van der Waals surface area contributed by atoms with Gasteiger partial charge in [0.05, 0.1) is 10.4 Å². The summed E-state index contributed by atoms with van der Waals surface area (Å²) in [5.41, 5.74) is 0.788. The second kappa shape index (κ2) is 4.20. The molecule has 4 heteroatoms. The normalized spacial score (nSPS) is 10.2. The summed E-state index contributed by atoms with van der Waals surface area (Å²) < 4.78 is 13.4. The van der Waals surface area contributed by atoms with Crippen LogP contribution in [0.4, 0.5) is 4.39 Å². The highest BCUT2D eigenvalue weighted by Gasteiger charge is 2.13. The van der Waals surface area contributed by atoms with Crippen LogP contribution >= 0.6 is 27.5 Å². The molecule has 1 aromatic carbocycles. The summed E-state index contributed by atoms with van der Waals surface area (Å²) in [6, 6.07) is 3.12. The summed E-state index contributed by atoms with van der Waals surface area (Å²) in [7, 11) is 0. The Morgan fingerprint density at radius 3 is 2.77 bits per heavy atom. The lowest BCUT2D eigenvalue weighted by Gasteiger charge is -2.04. The van der Waals surface area contributed by atoms with Gasteiger partial charge in [-0.15, -0.1) is 11.6 Å². The number of aryl methyl sites for hydroxylation is 1. The van der Waals surface area contributed by atoms with Gasteiger partial charge in [-0.05, 0) is 34.5 Å². The van der Waals surface area contributed by atoms with Gasteiger partial charge < -0.3 is 0 Å². The van der Waals surface area contributed by atoms with E-state index >= 15 is 0 Å². The van der Waals surface area contributed by atoms with Crippen molar-refractivity contribution in [2.45, 2.75) is 6.92 Å². The van der Waals surface area contributed by atoms with Gasteiger partial charge in [0.15, 0.2) is 5.78 Å². The minimum Gasteiger partial charge on any atom is -0.293 e. The van der Waals surface area contributed by atoms with Gasteiger partial charge in [0.2, 0.25) is 0 Å². The number of rotatable bonds is 2. The van der Waals surface area contributed by atoms with Crippen molar-refractivity contribution in [2.24, 2.45) is 0 Å². The molecule has 0 spiro atoms. The first-order valence-electron chi connectivity index (χ1n) is 3.61. The maximum absolute atomic E-state index is 13.2. The molecule has 1 aromatic rings. The number of hydrogen-bond acceptors (Lipinski definition) is 1. The summed E-state index contributed by atoms with van der Waals surface area (Å²) in [6.07, 6.45) is 0. The summed E-state index contributed by atoms with van der Waals surface area (Å²) in [4.78, 5) is 11.2. The van der Waals surface area contributed by atoms with E-state index in [9.17, 15) is 9.18 Å². The van der Waals surface area contributed by atoms with Gasteiger partial charge in [0.1, 0.15) is 5.82 Å². The van der Waals surface area contributed by atoms with E-state index in [1.807, 2.05) is 0 Å². The number of alkyl halides is 1. The molecule has 13 heavy (non-hydrogen) atoms. The van der Waals surface area contributed by atoms with Crippen molar-refractivity contribution in [3.63, 3.8) is 0 Å². The van der Waals surface area contributed by atoms with Crippen LogP contribution in [0, 0.1) is 12.7 Å². The molecule has 1 nitrogen and oxygen atoms in total. The van der Waals surface area contributed by atoms with Gasteiger partial charge >= 0.3 is 0 Å². The third-order valence-corrected chi connectivity index (χ3v) is 2.72. The van der Waals surface area contributed by atoms with E-state index in [2.05, 4.69) is 15.9 Å². The molecule has 0 aliphatic carbocycles. The van der Waals surface area contributed by atoms with Crippen LogP contribution in [-0.4, -0.2) is 11.7 Å². The monoisotopic (exact) mass is 264 g/mol. The standard InChI is InChI=1S/C9H7BrClFO/c1-5-2-3-6(7(13)4-11)8(10)9(5)12/h2-3H,4H2,1H3. The van der Waals surface area contributed by atoms with Crippen LogP contribution in [0.3, 0.4) is 0 Å². The number of hydrogen-bond donors (Lipinski definition) is 0. The Kier molecular flexibility index (Phi) is 3.45. The molecule has 0 N–H and O–H groups in total. The molecule has 0 heterocycles. The maximum atomic E-state index is 13.2. The highest BCUT2D eigenvalue weighted by molar-refractivity contribution is 9.10. The molecule has 0 radical (unpaired) electrons. The molecule has 0 bridgehead atoms. The Bertz CT molecular complexity index is 352. The molecule has 0 saturated carbocycles. The first-order chi connectivity index (χ1) is 6.07. The maximum Gasteiger partial charge on any atom is 0.178 e. The van der Waals surface area contributed by atoms with Gasteiger partial charge in [-0.2, -0.15) is 0 Å². The number of halogens is 3. The molecular formula is C9H7BrClFO. The Labute approximate surface area is 89.0 Å². The second-order valence-electron chi connectivity index (χ2n) is 2.61. The topological polar surface area (TPSA) is 17.1 Å². The second-order valence-corrected chi connectivity index (χ2v) is 3.68. The first kappa shape index (κ1) is 10.7. The summed E-state index contributed by atoms with van der Waals surface area (Å²) in [5, 5.41) is 0. The molecular weight excluding hydrogens is 258 g/mol. The average Bonchev–Trinajstić information content (AvgIpc) is 2.13. The van der Waals surface area contributed by atoms with Crippen molar-refractivity contribution in [3.8, 4) is 0 Å². The summed E-state index contributed by atoms with van der Waals surface area (Å²) in [6.45, 7) is 1.63. The molecule has 0 fully saturated rings. The van der Waals surface area contributed by atoms with Crippen LogP contribution in [0.5, 0.6) is 0 Å². The van der Waals surface area contributed by atoms with Crippen LogP contribution in [0.2, 0.25) is 0 Å². The highest BCUT2D eigenvalue weighted by Crippen LogP contribution is 2.23. The van der Waals surface area contributed by atoms with E-state index in [1.165, 1.54) is 0 Å². The zero-order chi connectivity index (χ0) is 10.0. The largest absolute Gasteiger partial charge is 0.293 e. The Morgan fingerprint density at radius 2 is 2.23 bits per heavy atom. The molecule has 1 rings (SSSR count). The zero-order valence-electron chi connectivity index (χ0n) is 6.90. The van der Waals surface area contributed by atoms with Gasteiger partial charge in [0, 0.05) is 5.56 Å². The van der Waals surface area contributed by atoms with Crippen molar-refractivity contribution in [1.82, 2.24) is 0 Å². The fourth-order valence-corrected chi connectivity index (χ4v) is 1.74. The Hall–Kier alpha value is -0.410. The van der Waals surface area contributed by atoms with E-state index in [0.717, 1.165) is 0 Å². The molecule has 0 atom stereocenters. The SMILES string of the molecule is Cc1ccc(C(=O)CCl)c(Br)c1F. The Morgan fingerprint density at radius 1 is 1.62 bits per heavy atom. The molecule has 70 valence electrons. The molecule has 0 unspecified atom stereocenters. The fraction of sp³-hybridized carbons (Fsp3) is 0.222. The number of carbonyl (C=O) groups is 1. The quantitative estimate of drug-likeness (QED) is 0.592. The van der Waals surface area contributed by atoms with Gasteiger partial charge in [-0.1, -0.05) is 6.07 Å². The van der Waals surface area contributed by atoms with Crippen molar-refractivity contribution in [2.75, 3.05) is 5.88 Å². The van der Waals surface area contributed by atoms with E-state index in [4.69, 9.17) is 11.6 Å². The predicted octanol–water partition coefficient (Wildman–Crippen LogP) is 3.32. The van der Waals surface area contributed by atoms with E-state index in [-0.39, 0.29) is 21.7 Å². The number of benzene rings is 1. The number of Topliss-reactive ketones (excluding diaryl/α,β-unsaturated/α-hetero) is 1. The van der Waals surface area contributed by atoms with E-state index in [0.29, 0.717) is 5.56 Å². The number of ketones is 1. The van der Waals surface area contributed by atoms with Gasteiger partial charge in [0.25, 0.3) is 0 Å². The average molecular weight is 266 g/mol. The fourth-order valence-electron chi connectivity index (χ4n) is 0.933. The smallest absolute Gasteiger partial charge is 0.178 e. The Balaban J connectivity index is 3.26. The third-order valence-electron chi connectivity index (χ3n) is 1.70. The van der Waals surface area contributed by atoms with Gasteiger partial charge in [-0.25, -0.2) is 4.39 Å². The number of carbonyl (C=O) groups excluding carboxylic acids is 1. The van der Waals surface area contributed by atoms with Crippen LogP contribution in [0.15, 0.2) is 16.6 Å². The molecule has 0 aliphatic rings. The minimum atomic E-state index is -0.407. The van der Waals surface area contributed by atoms with E-state index in [1.54, 1.807) is 19.1 Å². The van der Waals surface area contributed by atoms with Crippen molar-refractivity contribution in [1.29, 1.82) is 0 Å². The highest BCUT2D eigenvalue weighted by atomic mass is 79.9. The lowest BCUT2D eigenvalue weighted by molar-refractivity contribution is 0.102. The summed E-state index contributed by atoms with van der Waals surface area (Å²) >= 11 is 8.38. The molecule has 0 aromatic heterocycles. The zero-order valence-corrected chi connectivity index (χ0v) is 9.25. The molecule has 0 saturated heterocycles. The van der Waals surface area contributed by atoms with Crippen molar-refractivity contribution < 1.29 is 9.18 Å². The van der Waals surface area contributed by atoms with Crippen LogP contribution < -0.4 is 0 Å². The lowest BCUT2D eigenvalue weighted by atomic mass is 10.1. The van der Waals surface area contributed by atoms with Crippen molar-refractivity contribution in [3.05, 3.63) is 33.5 Å². The minimum absolute atomic E-state index is 0.138.